The largest absolute Gasteiger partial charge is 0.505 e. The second-order valence-corrected chi connectivity index (χ2v) is 27.5. The van der Waals surface area contributed by atoms with E-state index in [0.717, 1.165) is 66.7 Å². The molecule has 0 aliphatic heterocycles. The zero-order valence-electron chi connectivity index (χ0n) is 41.2. The van der Waals surface area contributed by atoms with Crippen LogP contribution in [0.2, 0.25) is 0 Å². The van der Waals surface area contributed by atoms with Crippen molar-refractivity contribution in [3.05, 3.63) is 127 Å². The Bertz CT molecular complexity index is 4750. The van der Waals surface area contributed by atoms with Crippen LogP contribution in [-0.4, -0.2) is 94.6 Å². The molecular weight excluding hydrogens is 1240 g/mol. The zero-order valence-corrected chi connectivity index (χ0v) is 46.9. The summed E-state index contributed by atoms with van der Waals surface area (Å²) in [6.07, 6.45) is 0. The molecule has 0 aliphatic carbocycles. The second-order valence-electron chi connectivity index (χ2n) is 16.5. The monoisotopic (exact) mass is 1280 g/mol. The lowest BCUT2D eigenvalue weighted by atomic mass is 10.1. The molecule has 0 atom stereocenters. The van der Waals surface area contributed by atoms with Crippen molar-refractivity contribution in [2.24, 2.45) is 40.9 Å². The Morgan fingerprint density at radius 2 is 0.904 bits per heavy atom. The van der Waals surface area contributed by atoms with E-state index in [4.69, 9.17) is 21.8 Å². The van der Waals surface area contributed by atoms with Gasteiger partial charge in [0, 0.05) is 11.1 Å². The molecule has 0 spiro atoms. The molecule has 0 aromatic heterocycles. The summed E-state index contributed by atoms with van der Waals surface area (Å²) in [5.41, 5.74) is 13.8. The van der Waals surface area contributed by atoms with Crippen molar-refractivity contribution < 1.29 is 86.4 Å². The van der Waals surface area contributed by atoms with E-state index in [1.807, 2.05) is 0 Å². The number of sulfonamides is 1. The summed E-state index contributed by atoms with van der Waals surface area (Å²) in [5, 5.41) is 42.0. The lowest BCUT2D eigenvalue weighted by Crippen LogP contribution is -2.15. The van der Waals surface area contributed by atoms with E-state index in [-0.39, 0.29) is 43.1 Å². The number of phenolic OH excluding ortho intramolecular Hbond substituents is 1. The SMILES string of the molecule is C=CS(=O)(=O)c1ccc(N=Nc2c(S(=O)(=O)O)cc3cc(S(=O)(=O)O)c(N=Nc4ccc(S(=O)(=O)Nc5ccc(N=Nc6cc(S(=O)(=O)O)c(N)c(N=Nc7ccc(S(=O)(=O)CCOS(=O)(=O)O)cc7)c6N)cc5)cc4)c(O)c3c2N)cc1. The molecule has 7 aromatic rings. The number of benzene rings is 7. The van der Waals surface area contributed by atoms with E-state index in [0.29, 0.717) is 17.5 Å². The number of azo groups is 4. The van der Waals surface area contributed by atoms with Gasteiger partial charge in [-0.2, -0.15) is 54.1 Å². The fourth-order valence-corrected chi connectivity index (χ4v) is 12.2. The van der Waals surface area contributed by atoms with Crippen molar-refractivity contribution in [2.45, 2.75) is 29.4 Å². The summed E-state index contributed by atoms with van der Waals surface area (Å²) < 4.78 is 217. The minimum atomic E-state index is -5.32. The van der Waals surface area contributed by atoms with E-state index in [1.165, 1.54) is 36.4 Å². The number of phenols is 1. The van der Waals surface area contributed by atoms with Crippen LogP contribution in [0.4, 0.5) is 68.2 Å². The highest BCUT2D eigenvalue weighted by Gasteiger charge is 2.29. The van der Waals surface area contributed by atoms with Crippen LogP contribution in [0.25, 0.3) is 10.8 Å². The van der Waals surface area contributed by atoms with Gasteiger partial charge in [-0.25, -0.2) is 29.4 Å². The highest BCUT2D eigenvalue weighted by molar-refractivity contribution is 7.94. The fourth-order valence-electron chi connectivity index (χ4n) is 6.99. The molecule has 0 saturated carbocycles. The van der Waals surface area contributed by atoms with Crippen molar-refractivity contribution in [1.82, 2.24) is 0 Å². The van der Waals surface area contributed by atoms with Crippen LogP contribution in [0, 0.1) is 0 Å². The van der Waals surface area contributed by atoms with E-state index in [2.05, 4.69) is 56.4 Å². The lowest BCUT2D eigenvalue weighted by molar-refractivity contribution is 0.284. The van der Waals surface area contributed by atoms with Crippen molar-refractivity contribution in [3.8, 4) is 5.75 Å². The number of hydrogen-bond acceptors (Lipinski definition) is 27. The smallest absolute Gasteiger partial charge is 0.397 e. The van der Waals surface area contributed by atoms with E-state index in [1.54, 1.807) is 0 Å². The van der Waals surface area contributed by atoms with Gasteiger partial charge in [0.15, 0.2) is 25.4 Å². The fraction of sp³-hybridized carbons (Fsp3) is 0.0455. The maximum Gasteiger partial charge on any atom is 0.397 e. The Balaban J connectivity index is 1.09. The number of nitrogen functional groups attached to an aromatic ring is 3. The van der Waals surface area contributed by atoms with Gasteiger partial charge in [-0.1, -0.05) is 6.58 Å². The number of aromatic hydroxyl groups is 1. The van der Waals surface area contributed by atoms with E-state index < -0.39 is 154 Å². The number of anilines is 4. The molecule has 12 N–H and O–H groups in total. The molecule has 436 valence electrons. The molecule has 0 radical (unpaired) electrons. The summed E-state index contributed by atoms with van der Waals surface area (Å²) in [5.74, 6) is -1.93. The normalized spacial score (nSPS) is 13.2. The number of rotatable bonds is 21. The predicted octanol–water partition coefficient (Wildman–Crippen LogP) is 8.00. The van der Waals surface area contributed by atoms with Crippen molar-refractivity contribution in [1.29, 1.82) is 0 Å². The van der Waals surface area contributed by atoms with Crippen molar-refractivity contribution in [3.63, 3.8) is 0 Å². The van der Waals surface area contributed by atoms with Gasteiger partial charge in [0.1, 0.15) is 37.4 Å². The lowest BCUT2D eigenvalue weighted by Gasteiger charge is -2.14. The third-order valence-electron chi connectivity index (χ3n) is 11.0. The molecule has 83 heavy (non-hydrogen) atoms. The number of fused-ring (bicyclic) bond motifs is 1. The first-order chi connectivity index (χ1) is 38.5. The van der Waals surface area contributed by atoms with Gasteiger partial charge < -0.3 is 22.3 Å². The van der Waals surface area contributed by atoms with Gasteiger partial charge >= 0.3 is 10.4 Å². The summed E-state index contributed by atoms with van der Waals surface area (Å²) in [6.45, 7) is 2.34. The molecule has 0 saturated heterocycles. The maximum atomic E-state index is 13.4. The van der Waals surface area contributed by atoms with E-state index >= 15 is 0 Å². The predicted molar refractivity (Wildman–Crippen MR) is 295 cm³/mol. The Morgan fingerprint density at radius 3 is 1.37 bits per heavy atom. The summed E-state index contributed by atoms with van der Waals surface area (Å²) in [4.78, 5) is -3.90. The first kappa shape index (κ1) is 62.0. The molecule has 32 nitrogen and oxygen atoms in total. The first-order valence-corrected chi connectivity index (χ1v) is 32.4. The zero-order chi connectivity index (χ0) is 61.3. The summed E-state index contributed by atoms with van der Waals surface area (Å²) in [7, 11) is -32.8. The topological polar surface area (TPSA) is 538 Å². The molecule has 7 rings (SSSR count). The quantitative estimate of drug-likeness (QED) is 0.0187. The van der Waals surface area contributed by atoms with E-state index in [9.17, 15) is 77.7 Å². The Morgan fingerprint density at radius 1 is 0.482 bits per heavy atom. The minimum Gasteiger partial charge on any atom is -0.505 e. The molecule has 0 bridgehead atoms. The molecule has 0 unspecified atom stereocenters. The third kappa shape index (κ3) is 14.7. The van der Waals surface area contributed by atoms with Crippen LogP contribution in [-0.2, 0) is 74.6 Å². The second kappa shape index (κ2) is 23.3. The van der Waals surface area contributed by atoms with Crippen molar-refractivity contribution in [2.75, 3.05) is 34.3 Å². The number of nitrogens with two attached hydrogens (primary N) is 3. The Kier molecular flexibility index (Phi) is 17.4. The third-order valence-corrected chi connectivity index (χ3v) is 18.5. The van der Waals surface area contributed by atoms with Gasteiger partial charge in [0.2, 0.25) is 0 Å². The highest BCUT2D eigenvalue weighted by Crippen LogP contribution is 2.49. The standard InChI is InChI=1S/C44H38N12O20S7/c1-2-77(58,59)30-13-7-26(8-14-30)49-53-41-35(81(67,68)69)21-24-22-36(82(70,71)72)42(44(57)37(24)40(41)47)54-50-28-11-17-32(18-12-28)79(62,63)56-29-5-3-25(4-6-29)48-52-33-23-34(80(64,65)66)39(46)43(38(33)45)55-51-27-9-15-31(16-10-27)78(60,61)20-19-76-83(73,74)75/h2-18,21-23,56-57H,1,19-20,45-47H2,(H,64,65,66)(H,67,68,69)(H,70,71,72)(H,73,74,75). The molecule has 39 heteroatoms. The molecule has 0 aliphatic rings. The van der Waals surface area contributed by atoms with Gasteiger partial charge in [-0.3, -0.25) is 22.9 Å². The van der Waals surface area contributed by atoms with Crippen LogP contribution in [0.15, 0.2) is 198 Å². The molecular formula is C44H38N12O20S7. The molecule has 0 fully saturated rings. The van der Waals surface area contributed by atoms with Crippen LogP contribution in [0.1, 0.15) is 0 Å². The number of sulfone groups is 2. The highest BCUT2D eigenvalue weighted by atomic mass is 32.3. The average Bonchev–Trinajstić information content (AvgIpc) is 3.43. The van der Waals surface area contributed by atoms with Crippen LogP contribution >= 0.6 is 0 Å². The van der Waals surface area contributed by atoms with Gasteiger partial charge in [-0.05, 0) is 121 Å². The Labute approximate surface area is 470 Å². The van der Waals surface area contributed by atoms with Crippen LogP contribution in [0.3, 0.4) is 0 Å². The Hall–Kier alpha value is -8.61. The molecule has 7 aromatic carbocycles. The number of nitrogens with zero attached hydrogens (tertiary/aromatic N) is 8. The average molecular weight is 1280 g/mol. The van der Waals surface area contributed by atoms with Gasteiger partial charge in [-0.15, -0.1) is 20.5 Å². The minimum absolute atomic E-state index is 0.0273. The first-order valence-electron chi connectivity index (χ1n) is 22.1. The van der Waals surface area contributed by atoms with Crippen LogP contribution < -0.4 is 21.9 Å². The van der Waals surface area contributed by atoms with Crippen LogP contribution in [0.5, 0.6) is 5.75 Å². The number of nitrogens with one attached hydrogen (secondary N) is 1. The molecule has 0 heterocycles. The summed E-state index contributed by atoms with van der Waals surface area (Å²) >= 11 is 0. The van der Waals surface area contributed by atoms with Gasteiger partial charge in [0.05, 0.1) is 72.2 Å². The van der Waals surface area contributed by atoms with Gasteiger partial charge in [0.25, 0.3) is 40.4 Å². The maximum absolute atomic E-state index is 13.4. The van der Waals surface area contributed by atoms with Crippen molar-refractivity contribution >= 4 is 149 Å². The number of hydrogen-bond donors (Lipinski definition) is 9. The summed E-state index contributed by atoms with van der Waals surface area (Å²) in [6, 6.07) is 20.5. The molecule has 0 amide bonds.